The first kappa shape index (κ1) is 18.8. The topological polar surface area (TPSA) is 20.2 Å². The van der Waals surface area contributed by atoms with Gasteiger partial charge >= 0.3 is 0 Å². The average Bonchev–Trinajstić information content (AvgIpc) is 2.42. The van der Waals surface area contributed by atoms with E-state index in [0.29, 0.717) is 0 Å². The van der Waals surface area contributed by atoms with Gasteiger partial charge in [-0.2, -0.15) is 6.42 Å². The van der Waals surface area contributed by atoms with Crippen molar-refractivity contribution in [1.82, 2.24) is 0 Å². The van der Waals surface area contributed by atoms with Crippen LogP contribution >= 0.6 is 0 Å². The maximum atomic E-state index is 10.1. The molecule has 1 unspecified atom stereocenters. The van der Waals surface area contributed by atoms with Gasteiger partial charge in [0.1, 0.15) is 0 Å². The Morgan fingerprint density at radius 1 is 1.11 bits per heavy atom. The minimum atomic E-state index is -0.346. The zero-order valence-electron chi connectivity index (χ0n) is 12.2. The summed E-state index contributed by atoms with van der Waals surface area (Å²) >= 11 is 0. The first-order chi connectivity index (χ1) is 8.77. The Balaban J connectivity index is 0.00000324. The summed E-state index contributed by atoms with van der Waals surface area (Å²) in [5.74, 6) is 0. The summed E-state index contributed by atoms with van der Waals surface area (Å²) in [5, 5.41) is 10.1. The molecule has 0 radical (unpaired) electrons. The predicted molar refractivity (Wildman–Crippen MR) is 77.2 cm³/mol. The third kappa shape index (κ3) is 7.85. The molecule has 1 N–H and O–H groups in total. The number of aliphatic hydroxyl groups excluding tert-OH is 1. The minimum absolute atomic E-state index is 0. The van der Waals surface area contributed by atoms with Crippen molar-refractivity contribution in [3.63, 3.8) is 0 Å². The first-order valence-corrected chi connectivity index (χ1v) is 7.09. The minimum Gasteiger partial charge on any atom is -0.497 e. The molecule has 0 bridgehead atoms. The summed E-state index contributed by atoms with van der Waals surface area (Å²) in [6, 6.07) is 9.91. The molecule has 0 aromatic heterocycles. The van der Waals surface area contributed by atoms with Crippen molar-refractivity contribution in [3.8, 4) is 0 Å². The van der Waals surface area contributed by atoms with E-state index in [9.17, 15) is 5.11 Å². The predicted octanol–water partition coefficient (Wildman–Crippen LogP) is 4.83. The Hall–Kier alpha value is -0.197. The van der Waals surface area contributed by atoms with Gasteiger partial charge in [-0.1, -0.05) is 69.9 Å². The fourth-order valence-electron chi connectivity index (χ4n) is 2.06. The molecule has 1 rings (SSSR count). The second kappa shape index (κ2) is 11.6. The van der Waals surface area contributed by atoms with Crippen molar-refractivity contribution in [2.45, 2.75) is 58.5 Å². The number of benzene rings is 1. The second-order valence-electron chi connectivity index (χ2n) is 4.75. The molecule has 0 aliphatic heterocycles. The van der Waals surface area contributed by atoms with Crippen LogP contribution in [0.1, 0.15) is 64.0 Å². The Morgan fingerprint density at radius 2 is 1.79 bits per heavy atom. The van der Waals surface area contributed by atoms with Gasteiger partial charge in [0.25, 0.3) is 0 Å². The fourth-order valence-corrected chi connectivity index (χ4v) is 2.06. The monoisotopic (exact) mass is 335 g/mol. The Morgan fingerprint density at radius 3 is 2.37 bits per heavy atom. The number of hydrogen-bond acceptors (Lipinski definition) is 1. The molecular formula is C17H25OZr-. The Bertz CT molecular complexity index is 346. The summed E-state index contributed by atoms with van der Waals surface area (Å²) in [4.78, 5) is 0. The van der Waals surface area contributed by atoms with Gasteiger partial charge in [0, 0.05) is 26.2 Å². The third-order valence-corrected chi connectivity index (χ3v) is 3.08. The van der Waals surface area contributed by atoms with Crippen LogP contribution in [0.25, 0.3) is 0 Å². The van der Waals surface area contributed by atoms with Crippen LogP contribution in [0.3, 0.4) is 0 Å². The van der Waals surface area contributed by atoms with Gasteiger partial charge in [-0.15, -0.1) is 0 Å². The SMILES string of the molecule is CCC[C-]=C(CCC)CCC(O)c1ccccc1.[Zr]. The molecule has 0 aliphatic rings. The van der Waals surface area contributed by atoms with Crippen LogP contribution < -0.4 is 0 Å². The van der Waals surface area contributed by atoms with E-state index in [1.165, 1.54) is 5.57 Å². The zero-order valence-corrected chi connectivity index (χ0v) is 14.6. The maximum Gasteiger partial charge on any atom is 0.0792 e. The van der Waals surface area contributed by atoms with Crippen LogP contribution in [0.4, 0.5) is 0 Å². The van der Waals surface area contributed by atoms with Crippen molar-refractivity contribution in [2.75, 3.05) is 0 Å². The summed E-state index contributed by atoms with van der Waals surface area (Å²) in [6.07, 6.45) is 9.36. The van der Waals surface area contributed by atoms with Crippen LogP contribution in [0, 0.1) is 6.08 Å². The quantitative estimate of drug-likeness (QED) is 0.674. The molecule has 0 aliphatic carbocycles. The molecule has 0 saturated carbocycles. The molecule has 1 aromatic carbocycles. The van der Waals surface area contributed by atoms with Crippen molar-refractivity contribution >= 4 is 0 Å². The first-order valence-electron chi connectivity index (χ1n) is 7.09. The number of aliphatic hydroxyl groups is 1. The maximum absolute atomic E-state index is 10.1. The van der Waals surface area contributed by atoms with E-state index in [-0.39, 0.29) is 32.3 Å². The Labute approximate surface area is 137 Å². The third-order valence-electron chi connectivity index (χ3n) is 3.08. The summed E-state index contributed by atoms with van der Waals surface area (Å²) < 4.78 is 0. The standard InChI is InChI=1S/C17H25O.Zr/c1-3-5-10-15(9-4-2)13-14-17(18)16-11-7-6-8-12-16;/h6-8,11-12,17-18H,3-5,9,13-14H2,1-2H3;/q-1;. The van der Waals surface area contributed by atoms with E-state index in [2.05, 4.69) is 19.9 Å². The van der Waals surface area contributed by atoms with Gasteiger partial charge in [-0.3, -0.25) is 5.57 Å². The Kier molecular flexibility index (Phi) is 11.5. The molecule has 104 valence electrons. The van der Waals surface area contributed by atoms with Crippen LogP contribution in [0.2, 0.25) is 0 Å². The molecular weight excluding hydrogens is 311 g/mol. The molecule has 0 spiro atoms. The van der Waals surface area contributed by atoms with Crippen molar-refractivity contribution in [3.05, 3.63) is 47.5 Å². The second-order valence-corrected chi connectivity index (χ2v) is 4.75. The van der Waals surface area contributed by atoms with Crippen LogP contribution in [0.15, 0.2) is 35.9 Å². The van der Waals surface area contributed by atoms with Crippen molar-refractivity contribution in [2.24, 2.45) is 0 Å². The van der Waals surface area contributed by atoms with Crippen LogP contribution in [-0.2, 0) is 26.2 Å². The number of allylic oxidation sites excluding steroid dienone is 2. The van der Waals surface area contributed by atoms with E-state index in [4.69, 9.17) is 0 Å². The summed E-state index contributed by atoms with van der Waals surface area (Å²) in [7, 11) is 0. The normalized spacial score (nSPS) is 12.9. The van der Waals surface area contributed by atoms with Crippen molar-refractivity contribution in [1.29, 1.82) is 0 Å². The molecule has 1 atom stereocenters. The molecule has 0 saturated heterocycles. The van der Waals surface area contributed by atoms with E-state index >= 15 is 0 Å². The van der Waals surface area contributed by atoms with Gasteiger partial charge < -0.3 is 11.2 Å². The summed E-state index contributed by atoms with van der Waals surface area (Å²) in [5.41, 5.74) is 2.40. The molecule has 0 amide bonds. The van der Waals surface area contributed by atoms with Gasteiger partial charge in [-0.25, -0.2) is 0 Å². The van der Waals surface area contributed by atoms with Crippen LogP contribution in [-0.4, -0.2) is 5.11 Å². The van der Waals surface area contributed by atoms with Crippen molar-refractivity contribution < 1.29 is 31.3 Å². The van der Waals surface area contributed by atoms with Crippen LogP contribution in [0.5, 0.6) is 0 Å². The molecule has 1 aromatic rings. The van der Waals surface area contributed by atoms with Gasteiger partial charge in [-0.05, 0) is 12.0 Å². The van der Waals surface area contributed by atoms with E-state index < -0.39 is 0 Å². The molecule has 19 heavy (non-hydrogen) atoms. The molecule has 1 nitrogen and oxygen atoms in total. The molecule has 0 fully saturated rings. The van der Waals surface area contributed by atoms with Gasteiger partial charge in [0.2, 0.25) is 0 Å². The fraction of sp³-hybridized carbons (Fsp3) is 0.529. The number of unbranched alkanes of at least 4 members (excludes halogenated alkanes) is 1. The smallest absolute Gasteiger partial charge is 0.0792 e. The van der Waals surface area contributed by atoms with Gasteiger partial charge in [0.05, 0.1) is 6.10 Å². The van der Waals surface area contributed by atoms with Gasteiger partial charge in [0.15, 0.2) is 0 Å². The largest absolute Gasteiger partial charge is 0.497 e. The van der Waals surface area contributed by atoms with E-state index in [1.807, 2.05) is 30.3 Å². The zero-order chi connectivity index (χ0) is 13.2. The van der Waals surface area contributed by atoms with E-state index in [1.54, 1.807) is 0 Å². The molecule has 2 heteroatoms. The molecule has 0 heterocycles. The average molecular weight is 337 g/mol. The summed E-state index contributed by atoms with van der Waals surface area (Å²) in [6.45, 7) is 4.37. The number of rotatable bonds is 8. The van der Waals surface area contributed by atoms with E-state index in [0.717, 1.165) is 44.1 Å². The number of hydrogen-bond donors (Lipinski definition) is 1.